The monoisotopic (exact) mass is 146 g/mol. The molecule has 0 rings (SSSR count). The Kier molecular flexibility index (Phi) is 5.16. The van der Waals surface area contributed by atoms with Crippen molar-refractivity contribution < 1.29 is 14.6 Å². The summed E-state index contributed by atoms with van der Waals surface area (Å²) in [5.41, 5.74) is 0. The number of hydrogen-bond acceptors (Lipinski definition) is 3. The molecular weight excluding hydrogens is 132 g/mol. The molecule has 60 valence electrons. The van der Waals surface area contributed by atoms with Gasteiger partial charge in [-0.1, -0.05) is 13.3 Å². The molecule has 0 aromatic rings. The highest BCUT2D eigenvalue weighted by Crippen LogP contribution is 1.96. The van der Waals surface area contributed by atoms with Crippen LogP contribution in [0.15, 0.2) is 0 Å². The molecule has 0 fully saturated rings. The summed E-state index contributed by atoms with van der Waals surface area (Å²) in [6, 6.07) is 0. The van der Waals surface area contributed by atoms with E-state index in [1.165, 1.54) is 6.92 Å². The summed E-state index contributed by atoms with van der Waals surface area (Å²) < 4.78 is 4.75. The van der Waals surface area contributed by atoms with Crippen molar-refractivity contribution in [3.63, 3.8) is 0 Å². The summed E-state index contributed by atoms with van der Waals surface area (Å²) in [4.78, 5) is 10.3. The molecule has 10 heavy (non-hydrogen) atoms. The fourth-order valence-electron chi connectivity index (χ4n) is 0.544. The number of ether oxygens (including phenoxy) is 1. The molecule has 3 heteroatoms. The van der Waals surface area contributed by atoms with E-state index in [1.54, 1.807) is 0 Å². The molecule has 0 aliphatic rings. The van der Waals surface area contributed by atoms with E-state index >= 15 is 0 Å². The third kappa shape index (κ3) is 5.72. The molecule has 0 aliphatic carbocycles. The van der Waals surface area contributed by atoms with Gasteiger partial charge in [0.15, 0.2) is 12.1 Å². The van der Waals surface area contributed by atoms with Crippen LogP contribution >= 0.6 is 0 Å². The largest absolute Gasteiger partial charge is 0.368 e. The lowest BCUT2D eigenvalue weighted by atomic mass is 10.3. The topological polar surface area (TPSA) is 46.5 Å². The Hall–Kier alpha value is -0.410. The zero-order chi connectivity index (χ0) is 7.98. The lowest BCUT2D eigenvalue weighted by Crippen LogP contribution is -2.15. The first-order valence-electron chi connectivity index (χ1n) is 3.46. The molecule has 0 saturated heterocycles. The molecule has 0 bridgehead atoms. The Morgan fingerprint density at radius 1 is 1.70 bits per heavy atom. The molecule has 0 radical (unpaired) electrons. The van der Waals surface area contributed by atoms with Gasteiger partial charge in [-0.2, -0.15) is 0 Å². The summed E-state index contributed by atoms with van der Waals surface area (Å²) in [5.74, 6) is -0.0600. The molecule has 0 heterocycles. The molecule has 0 spiro atoms. The normalized spacial score (nSPS) is 13.1. The maximum absolute atomic E-state index is 10.3. The van der Waals surface area contributed by atoms with Crippen LogP contribution in [0, 0.1) is 0 Å². The average Bonchev–Trinajstić information content (AvgIpc) is 1.85. The van der Waals surface area contributed by atoms with Crippen LogP contribution in [0.2, 0.25) is 0 Å². The molecule has 3 nitrogen and oxygen atoms in total. The van der Waals surface area contributed by atoms with E-state index in [0.717, 1.165) is 6.42 Å². The molecule has 0 saturated carbocycles. The Morgan fingerprint density at radius 3 is 2.70 bits per heavy atom. The van der Waals surface area contributed by atoms with Crippen molar-refractivity contribution in [1.29, 1.82) is 0 Å². The average molecular weight is 146 g/mol. The van der Waals surface area contributed by atoms with Crippen molar-refractivity contribution in [2.24, 2.45) is 0 Å². The quantitative estimate of drug-likeness (QED) is 0.581. The lowest BCUT2D eigenvalue weighted by molar-refractivity contribution is -0.138. The standard InChI is InChI=1S/C7H14O3/c1-3-4-7(9)10-5-6(2)8/h7,9H,3-5H2,1-2H3. The van der Waals surface area contributed by atoms with Gasteiger partial charge in [-0.3, -0.25) is 4.79 Å². The van der Waals surface area contributed by atoms with Crippen molar-refractivity contribution >= 4 is 5.78 Å². The highest BCUT2D eigenvalue weighted by Gasteiger charge is 2.02. The summed E-state index contributed by atoms with van der Waals surface area (Å²) >= 11 is 0. The third-order valence-corrected chi connectivity index (χ3v) is 1.01. The van der Waals surface area contributed by atoms with Gasteiger partial charge in [0.05, 0.1) is 0 Å². The number of rotatable bonds is 5. The summed E-state index contributed by atoms with van der Waals surface area (Å²) in [5, 5.41) is 8.92. The molecule has 0 aromatic carbocycles. The van der Waals surface area contributed by atoms with Gasteiger partial charge in [0.2, 0.25) is 0 Å². The van der Waals surface area contributed by atoms with Crippen LogP contribution in [0.4, 0.5) is 0 Å². The molecule has 0 aliphatic heterocycles. The van der Waals surface area contributed by atoms with Crippen LogP contribution in [-0.2, 0) is 9.53 Å². The first-order valence-corrected chi connectivity index (χ1v) is 3.46. The van der Waals surface area contributed by atoms with E-state index in [4.69, 9.17) is 9.84 Å². The van der Waals surface area contributed by atoms with Crippen LogP contribution in [0.5, 0.6) is 0 Å². The summed E-state index contributed by atoms with van der Waals surface area (Å²) in [6.45, 7) is 3.39. The zero-order valence-corrected chi connectivity index (χ0v) is 6.46. The van der Waals surface area contributed by atoms with E-state index in [2.05, 4.69) is 0 Å². The van der Waals surface area contributed by atoms with Gasteiger partial charge in [-0.15, -0.1) is 0 Å². The number of aliphatic hydroxyl groups excluding tert-OH is 1. The predicted molar refractivity (Wildman–Crippen MR) is 37.5 cm³/mol. The number of carbonyl (C=O) groups is 1. The Labute approximate surface area is 61.0 Å². The minimum Gasteiger partial charge on any atom is -0.368 e. The van der Waals surface area contributed by atoms with Crippen LogP contribution in [-0.4, -0.2) is 23.8 Å². The minimum atomic E-state index is -0.770. The molecule has 0 aromatic heterocycles. The van der Waals surface area contributed by atoms with Crippen LogP contribution < -0.4 is 0 Å². The van der Waals surface area contributed by atoms with E-state index in [0.29, 0.717) is 6.42 Å². The van der Waals surface area contributed by atoms with Crippen LogP contribution in [0.3, 0.4) is 0 Å². The van der Waals surface area contributed by atoms with Gasteiger partial charge in [-0.05, 0) is 13.3 Å². The van der Waals surface area contributed by atoms with Crippen LogP contribution in [0.1, 0.15) is 26.7 Å². The number of carbonyl (C=O) groups excluding carboxylic acids is 1. The Bertz CT molecular complexity index is 101. The second kappa shape index (κ2) is 5.38. The van der Waals surface area contributed by atoms with Crippen molar-refractivity contribution in [3.05, 3.63) is 0 Å². The smallest absolute Gasteiger partial charge is 0.155 e. The second-order valence-corrected chi connectivity index (χ2v) is 2.26. The maximum atomic E-state index is 10.3. The number of ketones is 1. The summed E-state index contributed by atoms with van der Waals surface area (Å²) in [6.07, 6.45) is 0.681. The predicted octanol–water partition coefficient (Wildman–Crippen LogP) is 0.710. The van der Waals surface area contributed by atoms with Crippen molar-refractivity contribution in [3.8, 4) is 0 Å². The van der Waals surface area contributed by atoms with E-state index in [-0.39, 0.29) is 12.4 Å². The molecule has 0 amide bonds. The SMILES string of the molecule is CCCC(O)OCC(C)=O. The van der Waals surface area contributed by atoms with Gasteiger partial charge >= 0.3 is 0 Å². The first-order chi connectivity index (χ1) is 4.66. The number of aliphatic hydroxyl groups is 1. The van der Waals surface area contributed by atoms with Gasteiger partial charge in [0.1, 0.15) is 6.61 Å². The third-order valence-electron chi connectivity index (χ3n) is 1.01. The lowest BCUT2D eigenvalue weighted by Gasteiger charge is -2.07. The van der Waals surface area contributed by atoms with Gasteiger partial charge < -0.3 is 9.84 Å². The fraction of sp³-hybridized carbons (Fsp3) is 0.857. The Morgan fingerprint density at radius 2 is 2.30 bits per heavy atom. The summed E-state index contributed by atoms with van der Waals surface area (Å²) in [7, 11) is 0. The van der Waals surface area contributed by atoms with Gasteiger partial charge in [0, 0.05) is 0 Å². The van der Waals surface area contributed by atoms with Crippen molar-refractivity contribution in [2.75, 3.05) is 6.61 Å². The van der Waals surface area contributed by atoms with E-state index in [1.807, 2.05) is 6.92 Å². The van der Waals surface area contributed by atoms with E-state index in [9.17, 15) is 4.79 Å². The zero-order valence-electron chi connectivity index (χ0n) is 6.46. The molecule has 1 unspecified atom stereocenters. The highest BCUT2D eigenvalue weighted by molar-refractivity contribution is 5.76. The first kappa shape index (κ1) is 9.59. The number of hydrogen-bond donors (Lipinski definition) is 1. The van der Waals surface area contributed by atoms with Crippen LogP contribution in [0.25, 0.3) is 0 Å². The second-order valence-electron chi connectivity index (χ2n) is 2.26. The molecular formula is C7H14O3. The van der Waals surface area contributed by atoms with Gasteiger partial charge in [0.25, 0.3) is 0 Å². The Balaban J connectivity index is 3.21. The molecule has 1 N–H and O–H groups in total. The highest BCUT2D eigenvalue weighted by atomic mass is 16.6. The van der Waals surface area contributed by atoms with Gasteiger partial charge in [-0.25, -0.2) is 0 Å². The maximum Gasteiger partial charge on any atom is 0.155 e. The van der Waals surface area contributed by atoms with E-state index < -0.39 is 6.29 Å². The van der Waals surface area contributed by atoms with Crippen molar-refractivity contribution in [2.45, 2.75) is 33.0 Å². The minimum absolute atomic E-state index is 0.0150. The molecule has 1 atom stereocenters. The van der Waals surface area contributed by atoms with Crippen molar-refractivity contribution in [1.82, 2.24) is 0 Å². The number of Topliss-reactive ketones (excluding diaryl/α,β-unsaturated/α-hetero) is 1. The fourth-order valence-corrected chi connectivity index (χ4v) is 0.544.